The summed E-state index contributed by atoms with van der Waals surface area (Å²) in [7, 11) is 1.54. The van der Waals surface area contributed by atoms with E-state index in [1.807, 2.05) is 6.92 Å². The SMILES string of the molecule is COc1ccc2nc(N3C(=O)C(=O)/C(=C(/O)c4ccc(C)cc4)[C@H]3c3cccc([N+](=O)[O-])c3)sc2c1. The molecule has 4 aromatic rings. The molecule has 1 N–H and O–H groups in total. The summed E-state index contributed by atoms with van der Waals surface area (Å²) in [6, 6.07) is 16.6. The van der Waals surface area contributed by atoms with E-state index < -0.39 is 22.7 Å². The molecule has 1 atom stereocenters. The van der Waals surface area contributed by atoms with Crippen LogP contribution in [0.3, 0.4) is 0 Å². The van der Waals surface area contributed by atoms with Gasteiger partial charge >= 0.3 is 5.91 Å². The number of ketones is 1. The lowest BCUT2D eigenvalue weighted by molar-refractivity contribution is -0.384. The maximum absolute atomic E-state index is 13.3. The van der Waals surface area contributed by atoms with Crippen molar-refractivity contribution in [2.24, 2.45) is 0 Å². The molecule has 1 aromatic heterocycles. The van der Waals surface area contributed by atoms with Crippen molar-refractivity contribution >= 4 is 49.8 Å². The number of aryl methyl sites for hydroxylation is 1. The minimum atomic E-state index is -1.12. The Labute approximate surface area is 209 Å². The van der Waals surface area contributed by atoms with E-state index in [-0.39, 0.29) is 22.2 Å². The molecule has 0 saturated carbocycles. The van der Waals surface area contributed by atoms with E-state index in [0.717, 1.165) is 10.3 Å². The zero-order valence-electron chi connectivity index (χ0n) is 19.2. The summed E-state index contributed by atoms with van der Waals surface area (Å²) in [4.78, 5) is 43.3. The Balaban J connectivity index is 1.74. The molecule has 2 heterocycles. The number of hydrogen-bond acceptors (Lipinski definition) is 8. The lowest BCUT2D eigenvalue weighted by atomic mass is 9.95. The van der Waals surface area contributed by atoms with Gasteiger partial charge in [-0.2, -0.15) is 0 Å². The van der Waals surface area contributed by atoms with E-state index in [9.17, 15) is 24.8 Å². The van der Waals surface area contributed by atoms with E-state index in [4.69, 9.17) is 4.74 Å². The summed E-state index contributed by atoms with van der Waals surface area (Å²) < 4.78 is 5.99. The second-order valence-corrected chi connectivity index (χ2v) is 9.23. The highest BCUT2D eigenvalue weighted by molar-refractivity contribution is 7.22. The first-order valence-electron chi connectivity index (χ1n) is 10.9. The highest BCUT2D eigenvalue weighted by Gasteiger charge is 2.48. The fourth-order valence-corrected chi connectivity index (χ4v) is 5.16. The van der Waals surface area contributed by atoms with Crippen molar-refractivity contribution in [1.29, 1.82) is 0 Å². The number of nitro groups is 1. The number of benzene rings is 3. The summed E-state index contributed by atoms with van der Waals surface area (Å²) in [5.41, 5.74) is 1.82. The second kappa shape index (κ2) is 8.90. The van der Waals surface area contributed by atoms with Crippen LogP contribution >= 0.6 is 11.3 Å². The molecule has 0 aliphatic carbocycles. The molecule has 0 radical (unpaired) electrons. The van der Waals surface area contributed by atoms with Crippen LogP contribution < -0.4 is 9.64 Å². The minimum absolute atomic E-state index is 0.166. The van der Waals surface area contributed by atoms with Gasteiger partial charge in [-0.3, -0.25) is 24.6 Å². The molecule has 1 aliphatic rings. The van der Waals surface area contributed by atoms with Crippen molar-refractivity contribution in [3.05, 3.63) is 99.1 Å². The van der Waals surface area contributed by atoms with E-state index in [1.165, 1.54) is 41.5 Å². The van der Waals surface area contributed by atoms with Gasteiger partial charge in [0.15, 0.2) is 5.13 Å². The lowest BCUT2D eigenvalue weighted by Crippen LogP contribution is -2.29. The number of fused-ring (bicyclic) bond motifs is 1. The molecule has 9 nitrogen and oxygen atoms in total. The standard InChI is InChI=1S/C26H19N3O6S/c1-14-6-8-15(9-7-14)23(30)21-22(16-4-3-5-17(12-16)29(33)34)28(25(32)24(21)31)26-27-19-11-10-18(35-2)13-20(19)36-26/h3-13,22,30H,1-2H3/b23-21+/t22-/m1/s1. The van der Waals surface area contributed by atoms with Gasteiger partial charge in [-0.1, -0.05) is 53.3 Å². The monoisotopic (exact) mass is 501 g/mol. The molecule has 0 unspecified atom stereocenters. The van der Waals surface area contributed by atoms with Crippen molar-refractivity contribution in [2.45, 2.75) is 13.0 Å². The molecule has 180 valence electrons. The van der Waals surface area contributed by atoms with Crippen molar-refractivity contribution in [2.75, 3.05) is 12.0 Å². The molecule has 0 spiro atoms. The molecule has 3 aromatic carbocycles. The van der Waals surface area contributed by atoms with Gasteiger partial charge in [0.25, 0.3) is 11.5 Å². The van der Waals surface area contributed by atoms with Gasteiger partial charge in [0.2, 0.25) is 0 Å². The molecular weight excluding hydrogens is 482 g/mol. The minimum Gasteiger partial charge on any atom is -0.507 e. The average Bonchev–Trinajstić information content (AvgIpc) is 3.41. The molecule has 0 bridgehead atoms. The van der Waals surface area contributed by atoms with Crippen LogP contribution in [-0.2, 0) is 9.59 Å². The van der Waals surface area contributed by atoms with Gasteiger partial charge < -0.3 is 9.84 Å². The zero-order valence-corrected chi connectivity index (χ0v) is 20.0. The molecule has 36 heavy (non-hydrogen) atoms. The number of non-ortho nitro benzene ring substituents is 1. The molecule has 1 saturated heterocycles. The normalized spacial score (nSPS) is 17.1. The predicted molar refractivity (Wildman–Crippen MR) is 135 cm³/mol. The van der Waals surface area contributed by atoms with Crippen LogP contribution in [0.15, 0.2) is 72.3 Å². The first-order valence-corrected chi connectivity index (χ1v) is 11.7. The van der Waals surface area contributed by atoms with Crippen molar-refractivity contribution in [3.8, 4) is 5.75 Å². The van der Waals surface area contributed by atoms with Crippen LogP contribution in [-0.4, -0.2) is 33.8 Å². The summed E-state index contributed by atoms with van der Waals surface area (Å²) in [6.07, 6.45) is 0. The van der Waals surface area contributed by atoms with Crippen LogP contribution in [0.2, 0.25) is 0 Å². The fraction of sp³-hybridized carbons (Fsp3) is 0.115. The summed E-state index contributed by atoms with van der Waals surface area (Å²) in [5.74, 6) is -1.54. The van der Waals surface area contributed by atoms with Gasteiger partial charge in [0.05, 0.1) is 33.9 Å². The number of amides is 1. The third-order valence-electron chi connectivity index (χ3n) is 5.96. The van der Waals surface area contributed by atoms with Crippen LogP contribution in [0.5, 0.6) is 5.75 Å². The van der Waals surface area contributed by atoms with Crippen molar-refractivity contribution in [1.82, 2.24) is 4.98 Å². The van der Waals surface area contributed by atoms with Crippen LogP contribution in [0.25, 0.3) is 16.0 Å². The number of aliphatic hydroxyl groups excluding tert-OH is 1. The highest BCUT2D eigenvalue weighted by Crippen LogP contribution is 2.45. The largest absolute Gasteiger partial charge is 0.507 e. The lowest BCUT2D eigenvalue weighted by Gasteiger charge is -2.22. The molecule has 1 fully saturated rings. The number of carbonyl (C=O) groups excluding carboxylic acids is 2. The van der Waals surface area contributed by atoms with E-state index in [2.05, 4.69) is 4.98 Å². The topological polar surface area (TPSA) is 123 Å². The van der Waals surface area contributed by atoms with Crippen LogP contribution in [0.1, 0.15) is 22.7 Å². The van der Waals surface area contributed by atoms with Gasteiger partial charge in [-0.25, -0.2) is 4.98 Å². The number of aliphatic hydroxyl groups is 1. The second-order valence-electron chi connectivity index (χ2n) is 8.22. The summed E-state index contributed by atoms with van der Waals surface area (Å²) >= 11 is 1.17. The van der Waals surface area contributed by atoms with Crippen molar-refractivity contribution < 1.29 is 24.4 Å². The Morgan fingerprint density at radius 2 is 1.86 bits per heavy atom. The number of methoxy groups -OCH3 is 1. The van der Waals surface area contributed by atoms with Gasteiger partial charge in [-0.05, 0) is 30.7 Å². The average molecular weight is 502 g/mol. The Bertz CT molecular complexity index is 1570. The summed E-state index contributed by atoms with van der Waals surface area (Å²) in [5, 5.41) is 22.9. The van der Waals surface area contributed by atoms with E-state index >= 15 is 0 Å². The number of Topliss-reactive ketones (excluding diaryl/α,β-unsaturated/α-hetero) is 1. The fourth-order valence-electron chi connectivity index (χ4n) is 4.14. The number of thiazole rings is 1. The molecule has 1 amide bonds. The van der Waals surface area contributed by atoms with E-state index in [1.54, 1.807) is 48.5 Å². The van der Waals surface area contributed by atoms with Gasteiger partial charge in [-0.15, -0.1) is 0 Å². The number of ether oxygens (including phenoxy) is 1. The molecule has 1 aliphatic heterocycles. The quantitative estimate of drug-likeness (QED) is 0.132. The maximum atomic E-state index is 13.3. The number of nitrogens with zero attached hydrogens (tertiary/aromatic N) is 3. The number of anilines is 1. The smallest absolute Gasteiger partial charge is 0.301 e. The Morgan fingerprint density at radius 3 is 2.56 bits per heavy atom. The van der Waals surface area contributed by atoms with Gasteiger partial charge in [0.1, 0.15) is 11.5 Å². The van der Waals surface area contributed by atoms with Crippen LogP contribution in [0, 0.1) is 17.0 Å². The van der Waals surface area contributed by atoms with E-state index in [0.29, 0.717) is 22.4 Å². The maximum Gasteiger partial charge on any atom is 0.301 e. The zero-order chi connectivity index (χ0) is 25.6. The molecule has 5 rings (SSSR count). The molecule has 10 heteroatoms. The first kappa shape index (κ1) is 23.2. The van der Waals surface area contributed by atoms with Gasteiger partial charge in [0, 0.05) is 17.7 Å². The Hall–Kier alpha value is -4.57. The number of hydrogen-bond donors (Lipinski definition) is 1. The number of carbonyl (C=O) groups is 2. The number of nitro benzene ring substituents is 1. The van der Waals surface area contributed by atoms with Crippen molar-refractivity contribution in [3.63, 3.8) is 0 Å². The Morgan fingerprint density at radius 1 is 1.11 bits per heavy atom. The third kappa shape index (κ3) is 3.87. The first-order chi connectivity index (χ1) is 17.3. The van der Waals surface area contributed by atoms with Crippen LogP contribution in [0.4, 0.5) is 10.8 Å². The Kier molecular flexibility index (Phi) is 5.73. The molecular formula is C26H19N3O6S. The third-order valence-corrected chi connectivity index (χ3v) is 6.97. The predicted octanol–water partition coefficient (Wildman–Crippen LogP) is 5.15. The highest BCUT2D eigenvalue weighted by atomic mass is 32.1. The number of rotatable bonds is 5. The summed E-state index contributed by atoms with van der Waals surface area (Å²) in [6.45, 7) is 1.88. The number of aromatic nitrogens is 1.